The van der Waals surface area contributed by atoms with Gasteiger partial charge in [-0.05, 0) is 18.2 Å². The van der Waals surface area contributed by atoms with Gasteiger partial charge in [0.1, 0.15) is 4.90 Å². The standard InChI is InChI=1S/C16H14IN3O9S2/c17-6-12(21)19-1-2-20-15(22)9-4-7(30(24,25)26)3-8-13(9)10(16(20)23)5-11(14(8)18)31(27,28)29/h3-5H,1-2,6,18H2,(H,19,21)(H,24,25,26)(H,27,28,29). The number of amides is 3. The summed E-state index contributed by atoms with van der Waals surface area (Å²) in [5.74, 6) is -2.22. The minimum atomic E-state index is -4.93. The molecule has 3 rings (SSSR count). The smallest absolute Gasteiger partial charge is 0.296 e. The molecule has 1 aliphatic heterocycles. The van der Waals surface area contributed by atoms with Crippen molar-refractivity contribution in [1.29, 1.82) is 0 Å². The Kier molecular flexibility index (Phi) is 6.00. The van der Waals surface area contributed by atoms with E-state index in [0.717, 1.165) is 18.2 Å². The van der Waals surface area contributed by atoms with Gasteiger partial charge in [0.2, 0.25) is 5.91 Å². The van der Waals surface area contributed by atoms with Crippen molar-refractivity contribution in [3.63, 3.8) is 0 Å². The van der Waals surface area contributed by atoms with E-state index in [0.29, 0.717) is 4.90 Å². The molecular formula is C16H14IN3O9S2. The summed E-state index contributed by atoms with van der Waals surface area (Å²) >= 11 is 1.81. The number of hydrogen-bond acceptors (Lipinski definition) is 8. The number of benzene rings is 2. The highest BCUT2D eigenvalue weighted by Gasteiger charge is 2.36. The first-order valence-corrected chi connectivity index (χ1v) is 12.7. The molecule has 0 spiro atoms. The fourth-order valence-electron chi connectivity index (χ4n) is 3.17. The lowest BCUT2D eigenvalue weighted by Gasteiger charge is -2.28. The van der Waals surface area contributed by atoms with Crippen LogP contribution in [0.2, 0.25) is 0 Å². The van der Waals surface area contributed by atoms with E-state index in [1.165, 1.54) is 0 Å². The molecule has 3 amide bonds. The van der Waals surface area contributed by atoms with Crippen LogP contribution in [0.4, 0.5) is 5.69 Å². The number of nitrogens with zero attached hydrogens (tertiary/aromatic N) is 1. The molecule has 0 unspecified atom stereocenters. The quantitative estimate of drug-likeness (QED) is 0.119. The maximum atomic E-state index is 12.9. The summed E-state index contributed by atoms with van der Waals surface area (Å²) in [4.78, 5) is 36.3. The van der Waals surface area contributed by atoms with Crippen LogP contribution in [0.1, 0.15) is 20.7 Å². The molecule has 0 saturated heterocycles. The summed E-state index contributed by atoms with van der Waals surface area (Å²) in [5, 5.41) is 2.02. The Morgan fingerprint density at radius 2 is 1.61 bits per heavy atom. The van der Waals surface area contributed by atoms with Gasteiger partial charge in [-0.25, -0.2) is 0 Å². The van der Waals surface area contributed by atoms with Crippen molar-refractivity contribution < 1.29 is 40.3 Å². The number of rotatable bonds is 6. The van der Waals surface area contributed by atoms with Crippen molar-refractivity contribution in [2.24, 2.45) is 0 Å². The largest absolute Gasteiger partial charge is 0.397 e. The molecule has 1 aliphatic rings. The normalized spacial score (nSPS) is 14.2. The Bertz CT molecular complexity index is 1350. The van der Waals surface area contributed by atoms with E-state index in [2.05, 4.69) is 5.32 Å². The molecule has 0 aliphatic carbocycles. The van der Waals surface area contributed by atoms with Crippen molar-refractivity contribution in [2.45, 2.75) is 9.79 Å². The zero-order valence-corrected chi connectivity index (χ0v) is 19.1. The first kappa shape index (κ1) is 23.3. The van der Waals surface area contributed by atoms with Crippen LogP contribution >= 0.6 is 22.6 Å². The fraction of sp³-hybridized carbons (Fsp3) is 0.188. The number of hydrogen-bond donors (Lipinski definition) is 4. The average Bonchev–Trinajstić information content (AvgIpc) is 2.67. The lowest BCUT2D eigenvalue weighted by molar-refractivity contribution is -0.118. The Morgan fingerprint density at radius 1 is 1.03 bits per heavy atom. The molecule has 0 atom stereocenters. The molecule has 0 fully saturated rings. The van der Waals surface area contributed by atoms with Gasteiger partial charge in [0.15, 0.2) is 0 Å². The monoisotopic (exact) mass is 583 g/mol. The van der Waals surface area contributed by atoms with Gasteiger partial charge in [0.25, 0.3) is 32.1 Å². The zero-order valence-electron chi connectivity index (χ0n) is 15.3. The molecule has 0 radical (unpaired) electrons. The van der Waals surface area contributed by atoms with Gasteiger partial charge in [0.05, 0.1) is 26.1 Å². The Labute approximate surface area is 189 Å². The number of nitrogen functional groups attached to an aromatic ring is 1. The Balaban J connectivity index is 2.30. The zero-order chi connectivity index (χ0) is 23.3. The first-order valence-electron chi connectivity index (χ1n) is 8.31. The predicted molar refractivity (Wildman–Crippen MR) is 115 cm³/mol. The summed E-state index contributed by atoms with van der Waals surface area (Å²) < 4.78 is 65.9. The lowest BCUT2D eigenvalue weighted by atomic mass is 9.93. The molecule has 12 nitrogen and oxygen atoms in total. The van der Waals surface area contributed by atoms with Crippen molar-refractivity contribution in [1.82, 2.24) is 10.2 Å². The Morgan fingerprint density at radius 3 is 2.13 bits per heavy atom. The minimum Gasteiger partial charge on any atom is -0.397 e. The summed E-state index contributed by atoms with van der Waals surface area (Å²) in [6.45, 7) is -0.418. The highest BCUT2D eigenvalue weighted by atomic mass is 127. The third kappa shape index (κ3) is 4.22. The number of imide groups is 1. The van der Waals surface area contributed by atoms with Crippen molar-refractivity contribution in [3.05, 3.63) is 29.3 Å². The maximum absolute atomic E-state index is 12.9. The van der Waals surface area contributed by atoms with Gasteiger partial charge in [0, 0.05) is 23.9 Å². The van der Waals surface area contributed by atoms with E-state index < -0.39 is 47.5 Å². The van der Waals surface area contributed by atoms with Crippen LogP contribution in [0.15, 0.2) is 28.0 Å². The molecule has 2 aromatic carbocycles. The fourth-order valence-corrected chi connectivity index (χ4v) is 4.63. The highest BCUT2D eigenvalue weighted by Crippen LogP contribution is 2.38. The SMILES string of the molecule is Nc1c(S(=O)(=O)O)cc2c3c(cc(S(=O)(=O)O)cc13)C(=O)N(CCNC(=O)CI)C2=O. The molecule has 0 bridgehead atoms. The number of carbonyl (C=O) groups is 3. The second-order valence-electron chi connectivity index (χ2n) is 6.42. The van der Waals surface area contributed by atoms with Crippen LogP contribution < -0.4 is 11.1 Å². The molecule has 2 aromatic rings. The minimum absolute atomic E-state index is 0.115. The van der Waals surface area contributed by atoms with Crippen molar-refractivity contribution in [3.8, 4) is 0 Å². The molecule has 31 heavy (non-hydrogen) atoms. The number of halogens is 1. The van der Waals surface area contributed by atoms with Crippen LogP contribution in [0.25, 0.3) is 10.8 Å². The van der Waals surface area contributed by atoms with Gasteiger partial charge in [-0.15, -0.1) is 0 Å². The summed E-state index contributed by atoms with van der Waals surface area (Å²) in [5.41, 5.74) is 4.54. The maximum Gasteiger partial charge on any atom is 0.296 e. The molecule has 166 valence electrons. The third-order valence-electron chi connectivity index (χ3n) is 4.52. The van der Waals surface area contributed by atoms with E-state index in [1.54, 1.807) is 0 Å². The number of nitrogens with two attached hydrogens (primary N) is 1. The first-order chi connectivity index (χ1) is 14.3. The highest BCUT2D eigenvalue weighted by molar-refractivity contribution is 14.1. The van der Waals surface area contributed by atoms with E-state index in [1.807, 2.05) is 22.6 Å². The van der Waals surface area contributed by atoms with Crippen LogP contribution in [0.3, 0.4) is 0 Å². The van der Waals surface area contributed by atoms with Gasteiger partial charge in [-0.3, -0.25) is 28.4 Å². The Hall–Kier alpha value is -2.34. The average molecular weight is 583 g/mol. The van der Waals surface area contributed by atoms with E-state index in [9.17, 15) is 40.3 Å². The number of nitrogens with one attached hydrogen (secondary N) is 1. The van der Waals surface area contributed by atoms with Crippen LogP contribution in [0, 0.1) is 0 Å². The second kappa shape index (κ2) is 7.97. The molecule has 5 N–H and O–H groups in total. The summed E-state index contributed by atoms with van der Waals surface area (Å²) in [7, 11) is -9.78. The molecular weight excluding hydrogens is 569 g/mol. The number of carbonyl (C=O) groups excluding carboxylic acids is 3. The van der Waals surface area contributed by atoms with Crippen LogP contribution in [0.5, 0.6) is 0 Å². The van der Waals surface area contributed by atoms with Crippen molar-refractivity contribution >= 4 is 77.0 Å². The van der Waals surface area contributed by atoms with Gasteiger partial charge in [-0.2, -0.15) is 16.8 Å². The third-order valence-corrected chi connectivity index (χ3v) is 6.94. The number of anilines is 1. The van der Waals surface area contributed by atoms with Gasteiger partial charge in [-0.1, -0.05) is 22.6 Å². The van der Waals surface area contributed by atoms with Gasteiger partial charge >= 0.3 is 0 Å². The molecule has 1 heterocycles. The lowest BCUT2D eigenvalue weighted by Crippen LogP contribution is -2.45. The van der Waals surface area contributed by atoms with Crippen molar-refractivity contribution in [2.75, 3.05) is 23.3 Å². The van der Waals surface area contributed by atoms with Crippen LogP contribution in [-0.2, 0) is 25.0 Å². The second-order valence-corrected chi connectivity index (χ2v) is 10.00. The molecule has 15 heteroatoms. The molecule has 0 aromatic heterocycles. The molecule has 0 saturated carbocycles. The van der Waals surface area contributed by atoms with Gasteiger partial charge < -0.3 is 11.1 Å². The van der Waals surface area contributed by atoms with E-state index >= 15 is 0 Å². The summed E-state index contributed by atoms with van der Waals surface area (Å²) in [6.07, 6.45) is 0. The predicted octanol–water partition coefficient (Wildman–Crippen LogP) is 0.0626. The topological polar surface area (TPSA) is 201 Å². The van der Waals surface area contributed by atoms with Crippen LogP contribution in [-0.4, -0.2) is 66.1 Å². The van der Waals surface area contributed by atoms with E-state index in [4.69, 9.17) is 5.73 Å². The van der Waals surface area contributed by atoms with E-state index in [-0.39, 0.29) is 45.3 Å². The number of alkyl halides is 1. The summed E-state index contributed by atoms with van der Waals surface area (Å²) in [6, 6.07) is 2.42.